The number of rotatable bonds is 7. The van der Waals surface area contributed by atoms with Crippen LogP contribution in [0, 0.1) is 6.92 Å². The van der Waals surface area contributed by atoms with Crippen LogP contribution in [0.25, 0.3) is 0 Å². The lowest BCUT2D eigenvalue weighted by atomic mass is 9.79. The van der Waals surface area contributed by atoms with Crippen molar-refractivity contribution in [2.75, 3.05) is 5.32 Å². The number of anilines is 2. The van der Waals surface area contributed by atoms with E-state index in [2.05, 4.69) is 29.1 Å². The van der Waals surface area contributed by atoms with Crippen molar-refractivity contribution in [3.8, 4) is 5.88 Å². The molecule has 1 atom stereocenters. The third-order valence-electron chi connectivity index (χ3n) is 4.33. The van der Waals surface area contributed by atoms with Crippen molar-refractivity contribution in [1.29, 1.82) is 0 Å². The van der Waals surface area contributed by atoms with Gasteiger partial charge < -0.3 is 19.7 Å². The SMILES string of the molecule is CCCC(CC)Oc1nc(Nc2ccc3c(c2)COB3O)ncc1C. The number of hydrogen-bond donors (Lipinski definition) is 2. The molecule has 0 bridgehead atoms. The molecule has 1 aliphatic rings. The van der Waals surface area contributed by atoms with Crippen LogP contribution in [0.1, 0.15) is 44.2 Å². The van der Waals surface area contributed by atoms with Gasteiger partial charge >= 0.3 is 7.12 Å². The maximum Gasteiger partial charge on any atom is 0.491 e. The lowest BCUT2D eigenvalue weighted by Crippen LogP contribution is -2.27. The van der Waals surface area contributed by atoms with E-state index in [1.165, 1.54) is 0 Å². The first kappa shape index (κ1) is 17.7. The Morgan fingerprint density at radius 3 is 3.00 bits per heavy atom. The van der Waals surface area contributed by atoms with Crippen LogP contribution in [0.5, 0.6) is 5.88 Å². The highest BCUT2D eigenvalue weighted by molar-refractivity contribution is 6.61. The van der Waals surface area contributed by atoms with E-state index in [1.54, 1.807) is 6.20 Å². The van der Waals surface area contributed by atoms with Crippen molar-refractivity contribution in [1.82, 2.24) is 9.97 Å². The number of nitrogens with one attached hydrogen (secondary N) is 1. The second kappa shape index (κ2) is 7.84. The molecule has 6 nitrogen and oxygen atoms in total. The third kappa shape index (κ3) is 4.11. The van der Waals surface area contributed by atoms with Crippen molar-refractivity contribution in [3.63, 3.8) is 0 Å². The maximum absolute atomic E-state index is 9.70. The average molecular weight is 341 g/mol. The van der Waals surface area contributed by atoms with Gasteiger partial charge in [0.1, 0.15) is 6.10 Å². The van der Waals surface area contributed by atoms with E-state index in [0.29, 0.717) is 18.4 Å². The number of ether oxygens (including phenoxy) is 1. The molecule has 0 saturated heterocycles. The number of fused-ring (bicyclic) bond motifs is 1. The molecule has 0 amide bonds. The second-order valence-corrected chi connectivity index (χ2v) is 6.32. The normalized spacial score (nSPS) is 14.3. The molecule has 0 fully saturated rings. The van der Waals surface area contributed by atoms with Crippen molar-refractivity contribution < 1.29 is 14.4 Å². The Labute approximate surface area is 148 Å². The Morgan fingerprint density at radius 2 is 2.24 bits per heavy atom. The summed E-state index contributed by atoms with van der Waals surface area (Å²) in [7, 11) is -0.829. The summed E-state index contributed by atoms with van der Waals surface area (Å²) in [6, 6.07) is 5.68. The van der Waals surface area contributed by atoms with Crippen LogP contribution in [0.4, 0.5) is 11.6 Å². The highest BCUT2D eigenvalue weighted by atomic mass is 16.5. The average Bonchev–Trinajstić information content (AvgIpc) is 2.98. The number of aromatic nitrogens is 2. The smallest absolute Gasteiger partial charge is 0.474 e. The minimum absolute atomic E-state index is 0.171. The summed E-state index contributed by atoms with van der Waals surface area (Å²) >= 11 is 0. The molecule has 0 radical (unpaired) electrons. The van der Waals surface area contributed by atoms with E-state index in [-0.39, 0.29) is 6.10 Å². The van der Waals surface area contributed by atoms with Crippen LogP contribution in [0.3, 0.4) is 0 Å². The molecule has 25 heavy (non-hydrogen) atoms. The van der Waals surface area contributed by atoms with Crippen LogP contribution in [-0.2, 0) is 11.3 Å². The van der Waals surface area contributed by atoms with E-state index in [9.17, 15) is 5.02 Å². The summed E-state index contributed by atoms with van der Waals surface area (Å²) in [4.78, 5) is 8.86. The van der Waals surface area contributed by atoms with Crippen molar-refractivity contribution in [3.05, 3.63) is 35.5 Å². The summed E-state index contributed by atoms with van der Waals surface area (Å²) in [5.74, 6) is 1.11. The van der Waals surface area contributed by atoms with Gasteiger partial charge in [0.15, 0.2) is 0 Å². The van der Waals surface area contributed by atoms with Gasteiger partial charge in [0.2, 0.25) is 11.8 Å². The standard InChI is InChI=1S/C18H24BN3O3/c1-4-6-15(5-2)25-17-12(3)10-20-18(22-17)21-14-7-8-16-13(9-14)11-24-19(16)23/h7-10,15,23H,4-6,11H2,1-3H3,(H,20,21,22). The van der Waals surface area contributed by atoms with E-state index in [1.807, 2.05) is 25.1 Å². The Balaban J connectivity index is 1.76. The van der Waals surface area contributed by atoms with Gasteiger partial charge in [0.05, 0.1) is 6.61 Å². The Kier molecular flexibility index (Phi) is 5.55. The van der Waals surface area contributed by atoms with E-state index in [0.717, 1.165) is 41.5 Å². The molecule has 2 N–H and O–H groups in total. The van der Waals surface area contributed by atoms with Crippen LogP contribution in [-0.4, -0.2) is 28.2 Å². The van der Waals surface area contributed by atoms with Crippen LogP contribution < -0.4 is 15.5 Å². The molecule has 0 spiro atoms. The van der Waals surface area contributed by atoms with Crippen LogP contribution in [0.2, 0.25) is 0 Å². The fourth-order valence-corrected chi connectivity index (χ4v) is 2.87. The molecule has 1 unspecified atom stereocenters. The number of nitrogens with zero attached hydrogens (tertiary/aromatic N) is 2. The summed E-state index contributed by atoms with van der Waals surface area (Å²) in [5.41, 5.74) is 3.55. The predicted octanol–water partition coefficient (Wildman–Crippen LogP) is 2.70. The highest BCUT2D eigenvalue weighted by Crippen LogP contribution is 2.22. The fraction of sp³-hybridized carbons (Fsp3) is 0.444. The minimum atomic E-state index is -0.829. The fourth-order valence-electron chi connectivity index (χ4n) is 2.87. The zero-order valence-electron chi connectivity index (χ0n) is 15.0. The van der Waals surface area contributed by atoms with Crippen LogP contribution >= 0.6 is 0 Å². The molecule has 1 aliphatic heterocycles. The predicted molar refractivity (Wildman–Crippen MR) is 98.5 cm³/mol. The van der Waals surface area contributed by atoms with Gasteiger partial charge in [-0.2, -0.15) is 4.98 Å². The first-order valence-corrected chi connectivity index (χ1v) is 8.80. The quantitative estimate of drug-likeness (QED) is 0.754. The molecule has 1 aromatic carbocycles. The topological polar surface area (TPSA) is 76.5 Å². The second-order valence-electron chi connectivity index (χ2n) is 6.32. The number of aryl methyl sites for hydroxylation is 1. The van der Waals surface area contributed by atoms with Gasteiger partial charge in [0.25, 0.3) is 0 Å². The molecule has 0 saturated carbocycles. The van der Waals surface area contributed by atoms with E-state index in [4.69, 9.17) is 9.39 Å². The molecule has 0 aliphatic carbocycles. The van der Waals surface area contributed by atoms with Gasteiger partial charge in [-0.05, 0) is 42.9 Å². The van der Waals surface area contributed by atoms with E-state index >= 15 is 0 Å². The molecule has 7 heteroatoms. The van der Waals surface area contributed by atoms with Gasteiger partial charge in [-0.25, -0.2) is 4.98 Å². The molecule has 2 aromatic rings. The Bertz CT molecular complexity index is 742. The van der Waals surface area contributed by atoms with Crippen molar-refractivity contribution >= 4 is 24.2 Å². The number of hydrogen-bond acceptors (Lipinski definition) is 6. The van der Waals surface area contributed by atoms with Gasteiger partial charge in [-0.15, -0.1) is 0 Å². The van der Waals surface area contributed by atoms with E-state index < -0.39 is 7.12 Å². The highest BCUT2D eigenvalue weighted by Gasteiger charge is 2.27. The molecule has 1 aromatic heterocycles. The van der Waals surface area contributed by atoms with Gasteiger partial charge in [0, 0.05) is 17.4 Å². The summed E-state index contributed by atoms with van der Waals surface area (Å²) in [6.45, 7) is 6.63. The maximum atomic E-state index is 9.70. The van der Waals surface area contributed by atoms with Crippen molar-refractivity contribution in [2.24, 2.45) is 0 Å². The first-order chi connectivity index (χ1) is 12.1. The molecule has 3 rings (SSSR count). The zero-order valence-corrected chi connectivity index (χ0v) is 15.0. The molecular formula is C18H24BN3O3. The summed E-state index contributed by atoms with van der Waals surface area (Å²) < 4.78 is 11.3. The Hall–Kier alpha value is -2.12. The number of benzene rings is 1. The first-order valence-electron chi connectivity index (χ1n) is 8.80. The Morgan fingerprint density at radius 1 is 1.40 bits per heavy atom. The third-order valence-corrected chi connectivity index (χ3v) is 4.33. The molecule has 132 valence electrons. The lowest BCUT2D eigenvalue weighted by molar-refractivity contribution is 0.177. The molecule has 2 heterocycles. The molecular weight excluding hydrogens is 317 g/mol. The van der Waals surface area contributed by atoms with Gasteiger partial charge in [-0.3, -0.25) is 0 Å². The zero-order chi connectivity index (χ0) is 17.8. The summed E-state index contributed by atoms with van der Waals surface area (Å²) in [6.07, 6.45) is 4.98. The monoisotopic (exact) mass is 341 g/mol. The lowest BCUT2D eigenvalue weighted by Gasteiger charge is -2.18. The summed E-state index contributed by atoms with van der Waals surface area (Å²) in [5, 5.41) is 12.9. The largest absolute Gasteiger partial charge is 0.491 e. The minimum Gasteiger partial charge on any atom is -0.474 e. The van der Waals surface area contributed by atoms with Gasteiger partial charge in [-0.1, -0.05) is 26.3 Å². The van der Waals surface area contributed by atoms with Crippen LogP contribution in [0.15, 0.2) is 24.4 Å². The van der Waals surface area contributed by atoms with Crippen molar-refractivity contribution in [2.45, 2.75) is 52.7 Å².